The van der Waals surface area contributed by atoms with Gasteiger partial charge in [0.25, 0.3) is 0 Å². The molecule has 0 radical (unpaired) electrons. The Morgan fingerprint density at radius 2 is 2.27 bits per heavy atom. The molecule has 0 unspecified atom stereocenters. The molecule has 2 aromatic heterocycles. The smallest absolute Gasteiger partial charge is 0.358 e. The second-order valence-electron chi connectivity index (χ2n) is 3.01. The van der Waals surface area contributed by atoms with Crippen LogP contribution in [0.3, 0.4) is 0 Å². The molecule has 6 nitrogen and oxygen atoms in total. The average molecular weight is 224 g/mol. The highest BCUT2D eigenvalue weighted by molar-refractivity contribution is 7.12. The van der Waals surface area contributed by atoms with E-state index in [0.29, 0.717) is 10.8 Å². The zero-order valence-corrected chi connectivity index (χ0v) is 8.95. The number of rotatable bonds is 2. The Balaban J connectivity index is 2.50. The number of thiazole rings is 1. The van der Waals surface area contributed by atoms with Gasteiger partial charge in [-0.25, -0.2) is 9.78 Å². The second kappa shape index (κ2) is 3.43. The lowest BCUT2D eigenvalue weighted by Gasteiger charge is -1.96. The number of aryl methyl sites for hydroxylation is 1. The number of carboxylic acid groups (broad SMARTS) is 1. The van der Waals surface area contributed by atoms with Crippen molar-refractivity contribution in [3.8, 4) is 5.13 Å². The van der Waals surface area contributed by atoms with Crippen LogP contribution >= 0.6 is 11.3 Å². The summed E-state index contributed by atoms with van der Waals surface area (Å²) in [5.41, 5.74) is 1.32. The minimum atomic E-state index is -1.08. The summed E-state index contributed by atoms with van der Waals surface area (Å²) in [5.74, 6) is -1.08. The highest BCUT2D eigenvalue weighted by Gasteiger charge is 2.17. The molecule has 0 atom stereocenters. The number of aromatic nitrogens is 4. The van der Waals surface area contributed by atoms with E-state index in [9.17, 15) is 4.79 Å². The van der Waals surface area contributed by atoms with E-state index in [1.165, 1.54) is 16.0 Å². The molecule has 0 fully saturated rings. The van der Waals surface area contributed by atoms with Gasteiger partial charge in [-0.2, -0.15) is 4.68 Å². The monoisotopic (exact) mass is 224 g/mol. The Labute approximate surface area is 89.2 Å². The first-order valence-corrected chi connectivity index (χ1v) is 5.05. The van der Waals surface area contributed by atoms with Crippen molar-refractivity contribution in [1.82, 2.24) is 20.0 Å². The summed E-state index contributed by atoms with van der Waals surface area (Å²) in [6.07, 6.45) is 0. The lowest BCUT2D eigenvalue weighted by atomic mass is 10.3. The first-order valence-electron chi connectivity index (χ1n) is 4.17. The van der Waals surface area contributed by atoms with Crippen molar-refractivity contribution in [3.63, 3.8) is 0 Å². The molecule has 0 saturated heterocycles. The first kappa shape index (κ1) is 9.78. The highest BCUT2D eigenvalue weighted by atomic mass is 32.1. The van der Waals surface area contributed by atoms with Gasteiger partial charge in [-0.3, -0.25) is 0 Å². The van der Waals surface area contributed by atoms with E-state index in [4.69, 9.17) is 5.11 Å². The van der Waals surface area contributed by atoms with Gasteiger partial charge in [-0.05, 0) is 13.8 Å². The zero-order chi connectivity index (χ0) is 11.0. The minimum Gasteiger partial charge on any atom is -0.476 e. The van der Waals surface area contributed by atoms with Crippen LogP contribution < -0.4 is 0 Å². The number of aromatic carboxylic acids is 1. The van der Waals surface area contributed by atoms with E-state index in [0.717, 1.165) is 5.69 Å². The van der Waals surface area contributed by atoms with Crippen molar-refractivity contribution >= 4 is 17.3 Å². The van der Waals surface area contributed by atoms with Crippen molar-refractivity contribution in [2.24, 2.45) is 0 Å². The van der Waals surface area contributed by atoms with Crippen LogP contribution in [0.1, 0.15) is 21.9 Å². The predicted octanol–water partition coefficient (Wildman–Crippen LogP) is 1.04. The third-order valence-electron chi connectivity index (χ3n) is 1.89. The van der Waals surface area contributed by atoms with Crippen LogP contribution in [0.5, 0.6) is 0 Å². The van der Waals surface area contributed by atoms with Crippen molar-refractivity contribution < 1.29 is 9.90 Å². The average Bonchev–Trinajstić information content (AvgIpc) is 2.71. The summed E-state index contributed by atoms with van der Waals surface area (Å²) in [4.78, 5) is 14.9. The molecule has 0 bridgehead atoms. The molecule has 0 amide bonds. The molecule has 1 N–H and O–H groups in total. The van der Waals surface area contributed by atoms with Gasteiger partial charge >= 0.3 is 5.97 Å². The maximum Gasteiger partial charge on any atom is 0.358 e. The zero-order valence-electron chi connectivity index (χ0n) is 8.13. The van der Waals surface area contributed by atoms with Crippen LogP contribution in [0.15, 0.2) is 5.38 Å². The molecule has 0 aromatic carbocycles. The van der Waals surface area contributed by atoms with E-state index in [2.05, 4.69) is 15.3 Å². The van der Waals surface area contributed by atoms with Crippen LogP contribution in [0.25, 0.3) is 5.13 Å². The van der Waals surface area contributed by atoms with Gasteiger partial charge in [0.1, 0.15) is 0 Å². The fraction of sp³-hybridized carbons (Fsp3) is 0.250. The summed E-state index contributed by atoms with van der Waals surface area (Å²) in [7, 11) is 0. The molecule has 0 spiro atoms. The molecular formula is C8H8N4O2S. The number of hydrogen-bond donors (Lipinski definition) is 1. The van der Waals surface area contributed by atoms with Crippen LogP contribution in [-0.2, 0) is 0 Å². The van der Waals surface area contributed by atoms with Crippen LogP contribution in [0.4, 0.5) is 0 Å². The molecular weight excluding hydrogens is 216 g/mol. The standard InChI is InChI=1S/C8H8N4O2S/c1-4-3-15-8(9-4)12-5(2)6(7(13)14)10-11-12/h3H,1-2H3,(H,13,14). The number of nitrogens with zero attached hydrogens (tertiary/aromatic N) is 4. The lowest BCUT2D eigenvalue weighted by Crippen LogP contribution is -2.02. The van der Waals surface area contributed by atoms with Gasteiger partial charge < -0.3 is 5.11 Å². The Kier molecular flexibility index (Phi) is 2.24. The SMILES string of the molecule is Cc1csc(-n2nnc(C(=O)O)c2C)n1. The van der Waals surface area contributed by atoms with Crippen molar-refractivity contribution in [1.29, 1.82) is 0 Å². The van der Waals surface area contributed by atoms with Crippen molar-refractivity contribution in [3.05, 3.63) is 22.5 Å². The largest absolute Gasteiger partial charge is 0.476 e. The van der Waals surface area contributed by atoms with Crippen molar-refractivity contribution in [2.75, 3.05) is 0 Å². The summed E-state index contributed by atoms with van der Waals surface area (Å²) in [6.45, 7) is 3.52. The summed E-state index contributed by atoms with van der Waals surface area (Å²) < 4.78 is 1.43. The maximum absolute atomic E-state index is 10.7. The fourth-order valence-electron chi connectivity index (χ4n) is 1.15. The predicted molar refractivity (Wildman–Crippen MR) is 53.5 cm³/mol. The summed E-state index contributed by atoms with van der Waals surface area (Å²) in [6, 6.07) is 0. The molecule has 0 aliphatic rings. The van der Waals surface area contributed by atoms with Crippen LogP contribution in [-0.4, -0.2) is 31.1 Å². The van der Waals surface area contributed by atoms with Crippen molar-refractivity contribution in [2.45, 2.75) is 13.8 Å². The molecule has 0 saturated carbocycles. The third kappa shape index (κ3) is 1.61. The van der Waals surface area contributed by atoms with Gasteiger partial charge in [0.2, 0.25) is 5.13 Å². The van der Waals surface area contributed by atoms with Gasteiger partial charge in [0.05, 0.1) is 11.4 Å². The molecule has 2 heterocycles. The van der Waals surface area contributed by atoms with Gasteiger partial charge in [-0.1, -0.05) is 5.21 Å². The lowest BCUT2D eigenvalue weighted by molar-refractivity contribution is 0.0689. The second-order valence-corrected chi connectivity index (χ2v) is 3.85. The molecule has 0 aliphatic heterocycles. The fourth-order valence-corrected chi connectivity index (χ4v) is 1.95. The maximum atomic E-state index is 10.7. The molecule has 2 aromatic rings. The summed E-state index contributed by atoms with van der Waals surface area (Å²) in [5, 5.41) is 18.6. The third-order valence-corrected chi connectivity index (χ3v) is 2.82. The normalized spacial score (nSPS) is 10.5. The molecule has 15 heavy (non-hydrogen) atoms. The van der Waals surface area contributed by atoms with Gasteiger partial charge in [0, 0.05) is 5.38 Å². The van der Waals surface area contributed by atoms with Gasteiger partial charge in [0.15, 0.2) is 5.69 Å². The number of hydrogen-bond acceptors (Lipinski definition) is 5. The molecule has 78 valence electrons. The molecule has 7 heteroatoms. The Hall–Kier alpha value is -1.76. The highest BCUT2D eigenvalue weighted by Crippen LogP contribution is 2.16. The Morgan fingerprint density at radius 1 is 1.53 bits per heavy atom. The van der Waals surface area contributed by atoms with E-state index >= 15 is 0 Å². The Bertz CT molecular complexity index is 516. The quantitative estimate of drug-likeness (QED) is 0.824. The topological polar surface area (TPSA) is 80.9 Å². The summed E-state index contributed by atoms with van der Waals surface area (Å²) >= 11 is 1.40. The van der Waals surface area contributed by atoms with Gasteiger partial charge in [-0.15, -0.1) is 16.4 Å². The number of carbonyl (C=O) groups is 1. The molecule has 2 rings (SSSR count). The van der Waals surface area contributed by atoms with E-state index < -0.39 is 5.97 Å². The van der Waals surface area contributed by atoms with E-state index in [-0.39, 0.29) is 5.69 Å². The van der Waals surface area contributed by atoms with E-state index in [1.54, 1.807) is 6.92 Å². The molecule has 0 aliphatic carbocycles. The minimum absolute atomic E-state index is 0.0390. The van der Waals surface area contributed by atoms with Crippen LogP contribution in [0, 0.1) is 13.8 Å². The number of carboxylic acids is 1. The first-order chi connectivity index (χ1) is 7.09. The van der Waals surface area contributed by atoms with Crippen LogP contribution in [0.2, 0.25) is 0 Å². The Morgan fingerprint density at radius 3 is 2.73 bits per heavy atom. The van der Waals surface area contributed by atoms with E-state index in [1.807, 2.05) is 12.3 Å².